The molecule has 7 nitrogen and oxygen atoms in total. The van der Waals surface area contributed by atoms with E-state index in [2.05, 4.69) is 21.7 Å². The Labute approximate surface area is 186 Å². The minimum atomic E-state index is -0.0326. The average Bonchev–Trinajstić information content (AvgIpc) is 2.65. The number of hydrogen-bond acceptors (Lipinski definition) is 4. The molecule has 0 atom stereocenters. The van der Waals surface area contributed by atoms with Crippen molar-refractivity contribution in [2.45, 2.75) is 26.7 Å². The van der Waals surface area contributed by atoms with Crippen molar-refractivity contribution in [2.24, 2.45) is 4.99 Å². The number of aliphatic imine (C=N–C) groups is 1. The minimum absolute atomic E-state index is 0. The van der Waals surface area contributed by atoms with Gasteiger partial charge in [0.15, 0.2) is 5.96 Å². The van der Waals surface area contributed by atoms with Gasteiger partial charge in [0.2, 0.25) is 5.91 Å². The van der Waals surface area contributed by atoms with Gasteiger partial charge in [-0.25, -0.2) is 4.99 Å². The first kappa shape index (κ1) is 26.4. The Hall–Kier alpha value is -1.55. The molecule has 0 aliphatic rings. The molecule has 0 heterocycles. The maximum absolute atomic E-state index is 11.8. The van der Waals surface area contributed by atoms with E-state index in [4.69, 9.17) is 9.47 Å². The Morgan fingerprint density at radius 1 is 1.14 bits per heavy atom. The molecule has 2 N–H and O–H groups in total. The Bertz CT molecular complexity index is 582. The molecule has 0 aliphatic carbocycles. The van der Waals surface area contributed by atoms with E-state index in [1.54, 1.807) is 14.1 Å². The molecule has 0 radical (unpaired) electrons. The quantitative estimate of drug-likeness (QED) is 0.197. The standard InChI is InChI=1S/C20H34N4O3.HI/c1-5-26-14-8-12-21-20(23-16-19(25)24(3)4)22-13-11-17-9-7-10-18(15-17)27-6-2;/h7,9-10,15H,5-6,8,11-14,16H2,1-4H3,(H2,21,22,23);1H. The van der Waals surface area contributed by atoms with Gasteiger partial charge in [-0.1, -0.05) is 12.1 Å². The van der Waals surface area contributed by atoms with Crippen molar-refractivity contribution >= 4 is 35.8 Å². The van der Waals surface area contributed by atoms with Gasteiger partial charge in [0.05, 0.1) is 6.61 Å². The first-order chi connectivity index (χ1) is 13.1. The smallest absolute Gasteiger partial charge is 0.243 e. The molecule has 160 valence electrons. The highest BCUT2D eigenvalue weighted by Crippen LogP contribution is 2.13. The number of benzene rings is 1. The van der Waals surface area contributed by atoms with Gasteiger partial charge in [-0.15, -0.1) is 24.0 Å². The SMILES string of the molecule is CCOCCCNC(=NCC(=O)N(C)C)NCCc1cccc(OCC)c1.I. The molecular weight excluding hydrogens is 471 g/mol. The summed E-state index contributed by atoms with van der Waals surface area (Å²) in [6, 6.07) is 8.08. The second-order valence-electron chi connectivity index (χ2n) is 6.19. The monoisotopic (exact) mass is 506 g/mol. The van der Waals surface area contributed by atoms with Gasteiger partial charge in [-0.05, 0) is 44.4 Å². The lowest BCUT2D eigenvalue weighted by molar-refractivity contribution is -0.127. The first-order valence-corrected chi connectivity index (χ1v) is 9.58. The third kappa shape index (κ3) is 12.0. The molecule has 0 aromatic heterocycles. The van der Waals surface area contributed by atoms with Crippen molar-refractivity contribution in [3.05, 3.63) is 29.8 Å². The van der Waals surface area contributed by atoms with Gasteiger partial charge in [0.25, 0.3) is 0 Å². The zero-order valence-corrected chi connectivity index (χ0v) is 19.8. The maximum Gasteiger partial charge on any atom is 0.243 e. The Morgan fingerprint density at radius 3 is 2.57 bits per heavy atom. The van der Waals surface area contributed by atoms with Crippen LogP contribution in [0.5, 0.6) is 5.75 Å². The Balaban J connectivity index is 0.00000729. The van der Waals surface area contributed by atoms with Crippen LogP contribution in [0.3, 0.4) is 0 Å². The van der Waals surface area contributed by atoms with E-state index in [-0.39, 0.29) is 36.4 Å². The number of halogens is 1. The lowest BCUT2D eigenvalue weighted by Gasteiger charge is -2.14. The zero-order chi connectivity index (χ0) is 19.9. The summed E-state index contributed by atoms with van der Waals surface area (Å²) in [5, 5.41) is 6.55. The zero-order valence-electron chi connectivity index (χ0n) is 17.5. The normalized spacial score (nSPS) is 10.8. The number of carbonyl (C=O) groups excluding carboxylic acids is 1. The van der Waals surface area contributed by atoms with Crippen LogP contribution in [0.25, 0.3) is 0 Å². The molecule has 0 aliphatic heterocycles. The van der Waals surface area contributed by atoms with Crippen LogP contribution in [-0.2, 0) is 16.0 Å². The number of carbonyl (C=O) groups is 1. The van der Waals surface area contributed by atoms with Crippen molar-refractivity contribution in [1.82, 2.24) is 15.5 Å². The van der Waals surface area contributed by atoms with Gasteiger partial charge in [0, 0.05) is 40.4 Å². The largest absolute Gasteiger partial charge is 0.494 e. The highest BCUT2D eigenvalue weighted by molar-refractivity contribution is 14.0. The molecule has 1 aromatic carbocycles. The van der Waals surface area contributed by atoms with Crippen LogP contribution in [0.4, 0.5) is 0 Å². The number of hydrogen-bond donors (Lipinski definition) is 2. The van der Waals surface area contributed by atoms with E-state index < -0.39 is 0 Å². The number of rotatable bonds is 12. The fourth-order valence-electron chi connectivity index (χ4n) is 2.27. The van der Waals surface area contributed by atoms with E-state index in [1.807, 2.05) is 32.0 Å². The van der Waals surface area contributed by atoms with Gasteiger partial charge in [-0.3, -0.25) is 4.79 Å². The molecule has 1 rings (SSSR count). The number of likely N-dealkylation sites (N-methyl/N-ethyl adjacent to an activating group) is 1. The van der Waals surface area contributed by atoms with Crippen LogP contribution in [0.2, 0.25) is 0 Å². The molecule has 0 unspecified atom stereocenters. The first-order valence-electron chi connectivity index (χ1n) is 9.58. The second-order valence-corrected chi connectivity index (χ2v) is 6.19. The molecule has 0 saturated heterocycles. The molecule has 0 saturated carbocycles. The van der Waals surface area contributed by atoms with Gasteiger partial charge < -0.3 is 25.0 Å². The molecule has 1 amide bonds. The number of ether oxygens (including phenoxy) is 2. The molecular formula is C20H35IN4O3. The summed E-state index contributed by atoms with van der Waals surface area (Å²) in [4.78, 5) is 17.7. The fraction of sp³-hybridized carbons (Fsp3) is 0.600. The van der Waals surface area contributed by atoms with Gasteiger partial charge >= 0.3 is 0 Å². The van der Waals surface area contributed by atoms with Crippen LogP contribution in [0, 0.1) is 0 Å². The van der Waals surface area contributed by atoms with Crippen LogP contribution in [-0.4, -0.2) is 70.3 Å². The number of amides is 1. The van der Waals surface area contributed by atoms with E-state index in [1.165, 1.54) is 10.5 Å². The summed E-state index contributed by atoms with van der Waals surface area (Å²) in [6.45, 7) is 7.61. The molecule has 8 heteroatoms. The highest BCUT2D eigenvalue weighted by Gasteiger charge is 2.05. The van der Waals surface area contributed by atoms with Gasteiger partial charge in [0.1, 0.15) is 12.3 Å². The van der Waals surface area contributed by atoms with Crippen LogP contribution >= 0.6 is 24.0 Å². The maximum atomic E-state index is 11.8. The summed E-state index contributed by atoms with van der Waals surface area (Å²) < 4.78 is 10.9. The molecule has 28 heavy (non-hydrogen) atoms. The molecule has 0 bridgehead atoms. The van der Waals surface area contributed by atoms with Gasteiger partial charge in [-0.2, -0.15) is 0 Å². The van der Waals surface area contributed by atoms with E-state index in [9.17, 15) is 4.79 Å². The van der Waals surface area contributed by atoms with Crippen molar-refractivity contribution in [2.75, 3.05) is 53.6 Å². The van der Waals surface area contributed by atoms with Crippen LogP contribution < -0.4 is 15.4 Å². The van der Waals surface area contributed by atoms with Crippen LogP contribution in [0.1, 0.15) is 25.8 Å². The van der Waals surface area contributed by atoms with Crippen LogP contribution in [0.15, 0.2) is 29.3 Å². The number of guanidine groups is 1. The summed E-state index contributed by atoms with van der Waals surface area (Å²) in [5.74, 6) is 1.49. The van der Waals surface area contributed by atoms with E-state index in [0.29, 0.717) is 25.7 Å². The van der Waals surface area contributed by atoms with Crippen molar-refractivity contribution in [1.29, 1.82) is 0 Å². The van der Waals surface area contributed by atoms with Crippen molar-refractivity contribution in [3.63, 3.8) is 0 Å². The third-order valence-electron chi connectivity index (χ3n) is 3.75. The molecule has 0 fully saturated rings. The Morgan fingerprint density at radius 2 is 1.89 bits per heavy atom. The topological polar surface area (TPSA) is 75.2 Å². The highest BCUT2D eigenvalue weighted by atomic mass is 127. The summed E-state index contributed by atoms with van der Waals surface area (Å²) in [7, 11) is 3.46. The Kier molecular flexibility index (Phi) is 15.5. The third-order valence-corrected chi connectivity index (χ3v) is 3.75. The molecule has 1 aromatic rings. The van der Waals surface area contributed by atoms with E-state index >= 15 is 0 Å². The average molecular weight is 506 g/mol. The predicted octanol–water partition coefficient (Wildman–Crippen LogP) is 2.30. The lowest BCUT2D eigenvalue weighted by atomic mass is 10.1. The van der Waals surface area contributed by atoms with Crippen molar-refractivity contribution < 1.29 is 14.3 Å². The summed E-state index contributed by atoms with van der Waals surface area (Å²) >= 11 is 0. The summed E-state index contributed by atoms with van der Waals surface area (Å²) in [5.41, 5.74) is 1.19. The second kappa shape index (κ2) is 16.4. The van der Waals surface area contributed by atoms with E-state index in [0.717, 1.165) is 31.7 Å². The number of nitrogens with zero attached hydrogens (tertiary/aromatic N) is 2. The predicted molar refractivity (Wildman–Crippen MR) is 125 cm³/mol. The lowest BCUT2D eigenvalue weighted by Crippen LogP contribution is -2.40. The summed E-state index contributed by atoms with van der Waals surface area (Å²) in [6.07, 6.45) is 1.72. The minimum Gasteiger partial charge on any atom is -0.494 e. The number of nitrogens with one attached hydrogen (secondary N) is 2. The molecule has 0 spiro atoms. The van der Waals surface area contributed by atoms with Crippen molar-refractivity contribution in [3.8, 4) is 5.75 Å². The fourth-order valence-corrected chi connectivity index (χ4v) is 2.27.